The Balaban J connectivity index is 1.53. The van der Waals surface area contributed by atoms with Gasteiger partial charge in [-0.2, -0.15) is 4.98 Å². The van der Waals surface area contributed by atoms with Gasteiger partial charge in [-0.25, -0.2) is 9.50 Å². The second-order valence-corrected chi connectivity index (χ2v) is 6.48. The number of carbonyl (C=O) groups is 2. The fourth-order valence-corrected chi connectivity index (χ4v) is 2.98. The van der Waals surface area contributed by atoms with Crippen molar-refractivity contribution in [2.75, 3.05) is 13.1 Å². The molecule has 0 radical (unpaired) electrons. The molecule has 0 saturated carbocycles. The van der Waals surface area contributed by atoms with Gasteiger partial charge >= 0.3 is 0 Å². The van der Waals surface area contributed by atoms with Crippen LogP contribution in [0.5, 0.6) is 0 Å². The maximum atomic E-state index is 12.3. The van der Waals surface area contributed by atoms with Gasteiger partial charge in [0, 0.05) is 31.4 Å². The number of fused-ring (bicyclic) bond motifs is 1. The van der Waals surface area contributed by atoms with E-state index in [4.69, 9.17) is 0 Å². The highest BCUT2D eigenvalue weighted by molar-refractivity contribution is 9.10. The van der Waals surface area contributed by atoms with Crippen LogP contribution in [0.2, 0.25) is 0 Å². The van der Waals surface area contributed by atoms with Crippen LogP contribution in [0.25, 0.3) is 5.78 Å². The molecule has 0 aliphatic carbocycles. The van der Waals surface area contributed by atoms with Gasteiger partial charge in [-0.3, -0.25) is 9.59 Å². The SMILES string of the molecule is C=CC(=O)N1CCC(C(=O)NCc2nc3ncc(Br)cn3n2)CC1. The van der Waals surface area contributed by atoms with Crippen LogP contribution < -0.4 is 5.32 Å². The molecule has 2 amide bonds. The maximum absolute atomic E-state index is 12.3. The summed E-state index contributed by atoms with van der Waals surface area (Å²) in [6.45, 7) is 4.89. The van der Waals surface area contributed by atoms with Gasteiger partial charge in [-0.05, 0) is 34.8 Å². The zero-order valence-electron chi connectivity index (χ0n) is 13.0. The molecule has 0 atom stereocenters. The highest BCUT2D eigenvalue weighted by Gasteiger charge is 2.26. The summed E-state index contributed by atoms with van der Waals surface area (Å²) < 4.78 is 2.36. The Bertz CT molecular complexity index is 781. The summed E-state index contributed by atoms with van der Waals surface area (Å²) in [5.74, 6) is 0.783. The third-order valence-electron chi connectivity index (χ3n) is 3.98. The zero-order valence-corrected chi connectivity index (χ0v) is 14.6. The quantitative estimate of drug-likeness (QED) is 0.781. The Morgan fingerprint density at radius 1 is 1.42 bits per heavy atom. The number of nitrogens with zero attached hydrogens (tertiary/aromatic N) is 5. The number of piperidine rings is 1. The van der Waals surface area contributed by atoms with Crippen molar-refractivity contribution in [1.82, 2.24) is 29.8 Å². The van der Waals surface area contributed by atoms with E-state index in [1.54, 1.807) is 21.8 Å². The molecule has 24 heavy (non-hydrogen) atoms. The number of nitrogens with one attached hydrogen (secondary N) is 1. The van der Waals surface area contributed by atoms with E-state index in [-0.39, 0.29) is 24.3 Å². The number of hydrogen-bond acceptors (Lipinski definition) is 5. The molecule has 0 bridgehead atoms. The van der Waals surface area contributed by atoms with Crippen LogP contribution in [-0.2, 0) is 16.1 Å². The monoisotopic (exact) mass is 392 g/mol. The summed E-state index contributed by atoms with van der Waals surface area (Å²) in [5, 5.41) is 7.13. The number of amides is 2. The van der Waals surface area contributed by atoms with Crippen molar-refractivity contribution in [2.45, 2.75) is 19.4 Å². The summed E-state index contributed by atoms with van der Waals surface area (Å²) >= 11 is 3.32. The molecule has 1 N–H and O–H groups in total. The minimum Gasteiger partial charge on any atom is -0.348 e. The topological polar surface area (TPSA) is 92.5 Å². The van der Waals surface area contributed by atoms with Gasteiger partial charge < -0.3 is 10.2 Å². The molecule has 0 unspecified atom stereocenters. The molecule has 3 rings (SSSR count). The van der Waals surface area contributed by atoms with Crippen LogP contribution >= 0.6 is 15.9 Å². The molecule has 9 heteroatoms. The van der Waals surface area contributed by atoms with E-state index in [9.17, 15) is 9.59 Å². The summed E-state index contributed by atoms with van der Waals surface area (Å²) in [5.41, 5.74) is 0. The molecule has 1 saturated heterocycles. The Hall–Kier alpha value is -2.29. The molecule has 1 fully saturated rings. The normalized spacial score (nSPS) is 15.5. The molecule has 8 nitrogen and oxygen atoms in total. The van der Waals surface area contributed by atoms with Crippen LogP contribution in [-0.4, -0.2) is 49.4 Å². The Morgan fingerprint density at radius 3 is 2.88 bits per heavy atom. The highest BCUT2D eigenvalue weighted by Crippen LogP contribution is 2.17. The predicted octanol–water partition coefficient (Wildman–Crippen LogP) is 0.928. The van der Waals surface area contributed by atoms with Gasteiger partial charge in [-0.1, -0.05) is 6.58 Å². The summed E-state index contributed by atoms with van der Waals surface area (Å²) in [6, 6.07) is 0. The molecule has 1 aliphatic heterocycles. The van der Waals surface area contributed by atoms with Crippen LogP contribution in [0.4, 0.5) is 0 Å². The van der Waals surface area contributed by atoms with E-state index in [2.05, 4.69) is 42.9 Å². The lowest BCUT2D eigenvalue weighted by Crippen LogP contribution is -2.42. The van der Waals surface area contributed by atoms with E-state index in [0.29, 0.717) is 37.5 Å². The number of carbonyl (C=O) groups excluding carboxylic acids is 2. The number of rotatable bonds is 4. The van der Waals surface area contributed by atoms with Gasteiger partial charge in [0.15, 0.2) is 5.82 Å². The van der Waals surface area contributed by atoms with Crippen molar-refractivity contribution in [3.63, 3.8) is 0 Å². The predicted molar refractivity (Wildman–Crippen MR) is 89.8 cm³/mol. The van der Waals surface area contributed by atoms with Crippen molar-refractivity contribution in [3.8, 4) is 0 Å². The van der Waals surface area contributed by atoms with Crippen molar-refractivity contribution in [3.05, 3.63) is 35.3 Å². The lowest BCUT2D eigenvalue weighted by molar-refractivity contribution is -0.132. The largest absolute Gasteiger partial charge is 0.348 e. The Kier molecular flexibility index (Phi) is 4.89. The van der Waals surface area contributed by atoms with Crippen LogP contribution in [0, 0.1) is 5.92 Å². The lowest BCUT2D eigenvalue weighted by Gasteiger charge is -2.30. The molecule has 2 aromatic heterocycles. The Labute approximate surface area is 147 Å². The van der Waals surface area contributed by atoms with Crippen LogP contribution in [0.3, 0.4) is 0 Å². The average molecular weight is 393 g/mol. The first kappa shape index (κ1) is 16.6. The third-order valence-corrected chi connectivity index (χ3v) is 4.39. The summed E-state index contributed by atoms with van der Waals surface area (Å²) in [4.78, 5) is 33.9. The summed E-state index contributed by atoms with van der Waals surface area (Å²) in [7, 11) is 0. The number of likely N-dealkylation sites (tertiary alicyclic amines) is 1. The van der Waals surface area contributed by atoms with Gasteiger partial charge in [0.05, 0.1) is 11.0 Å². The van der Waals surface area contributed by atoms with Gasteiger partial charge in [0.25, 0.3) is 5.78 Å². The molecule has 0 spiro atoms. The second-order valence-electron chi connectivity index (χ2n) is 5.57. The maximum Gasteiger partial charge on any atom is 0.252 e. The third kappa shape index (κ3) is 3.61. The first-order valence-electron chi connectivity index (χ1n) is 7.62. The zero-order chi connectivity index (χ0) is 17.1. The first-order valence-corrected chi connectivity index (χ1v) is 8.42. The Morgan fingerprint density at radius 2 is 2.17 bits per heavy atom. The first-order chi connectivity index (χ1) is 11.6. The number of hydrogen-bond donors (Lipinski definition) is 1. The molecular formula is C15H17BrN6O2. The number of halogens is 1. The fraction of sp³-hybridized carbons (Fsp3) is 0.400. The van der Waals surface area contributed by atoms with Crippen molar-refractivity contribution >= 4 is 33.5 Å². The average Bonchev–Trinajstić information content (AvgIpc) is 3.01. The van der Waals surface area contributed by atoms with E-state index in [1.165, 1.54) is 6.08 Å². The van der Waals surface area contributed by atoms with E-state index in [0.717, 1.165) is 4.47 Å². The molecule has 2 aromatic rings. The second kappa shape index (κ2) is 7.08. The number of aromatic nitrogens is 4. The van der Waals surface area contributed by atoms with E-state index in [1.807, 2.05) is 0 Å². The molecule has 1 aliphatic rings. The van der Waals surface area contributed by atoms with Crippen molar-refractivity contribution < 1.29 is 9.59 Å². The van der Waals surface area contributed by atoms with Crippen LogP contribution in [0.1, 0.15) is 18.7 Å². The van der Waals surface area contributed by atoms with Gasteiger partial charge in [0.2, 0.25) is 11.8 Å². The highest BCUT2D eigenvalue weighted by atomic mass is 79.9. The fourth-order valence-electron chi connectivity index (χ4n) is 2.68. The van der Waals surface area contributed by atoms with Gasteiger partial charge in [-0.15, -0.1) is 5.10 Å². The standard InChI is InChI=1S/C15H17BrN6O2/c1-2-13(23)21-5-3-10(4-6-21)14(24)17-8-12-19-15-18-7-11(16)9-22(15)20-12/h2,7,9-10H,1,3-6,8H2,(H,17,24). The summed E-state index contributed by atoms with van der Waals surface area (Å²) in [6.07, 6.45) is 6.01. The van der Waals surface area contributed by atoms with Crippen molar-refractivity contribution in [2.24, 2.45) is 5.92 Å². The smallest absolute Gasteiger partial charge is 0.252 e. The van der Waals surface area contributed by atoms with Crippen LogP contribution in [0.15, 0.2) is 29.5 Å². The molecule has 126 valence electrons. The minimum atomic E-state index is -0.0943. The van der Waals surface area contributed by atoms with Crippen molar-refractivity contribution in [1.29, 1.82) is 0 Å². The van der Waals surface area contributed by atoms with Gasteiger partial charge in [0.1, 0.15) is 0 Å². The molecule has 0 aromatic carbocycles. The van der Waals surface area contributed by atoms with E-state index >= 15 is 0 Å². The lowest BCUT2D eigenvalue weighted by atomic mass is 9.96. The molecular weight excluding hydrogens is 376 g/mol. The molecule has 3 heterocycles. The minimum absolute atomic E-state index is 0.0336. The van der Waals surface area contributed by atoms with E-state index < -0.39 is 0 Å².